The van der Waals surface area contributed by atoms with Crippen LogP contribution in [0.5, 0.6) is 0 Å². The number of amides is 1. The number of hydrogen-bond donors (Lipinski definition) is 1. The van der Waals surface area contributed by atoms with Crippen LogP contribution in [-0.4, -0.2) is 10.9 Å². The summed E-state index contributed by atoms with van der Waals surface area (Å²) in [6.45, 7) is 1.94. The maximum atomic E-state index is 13.3. The molecule has 122 valence electrons. The Balaban J connectivity index is 1.69. The Morgan fingerprint density at radius 1 is 1.29 bits per heavy atom. The molecule has 3 rings (SSSR count). The Labute approximate surface area is 151 Å². The number of thiazole rings is 1. The van der Waals surface area contributed by atoms with Crippen molar-refractivity contribution in [3.63, 3.8) is 0 Å². The van der Waals surface area contributed by atoms with E-state index < -0.39 is 0 Å². The number of halogens is 2. The normalized spacial score (nSPS) is 10.6. The first kappa shape index (κ1) is 16.8. The molecule has 0 bridgehead atoms. The number of carbonyl (C=O) groups excluding carboxylic acids is 1. The number of nitrogens with zero attached hydrogens (tertiary/aromatic N) is 1. The summed E-state index contributed by atoms with van der Waals surface area (Å²) >= 11 is 4.80. The van der Waals surface area contributed by atoms with Crippen LogP contribution < -0.4 is 5.32 Å². The fourth-order valence-electron chi connectivity index (χ4n) is 2.27. The number of aromatic nitrogens is 1. The highest BCUT2D eigenvalue weighted by Crippen LogP contribution is 2.25. The molecule has 0 aliphatic heterocycles. The van der Waals surface area contributed by atoms with Crippen LogP contribution >= 0.6 is 27.3 Å². The fraction of sp³-hybridized carbons (Fsp3) is 0.111. The highest BCUT2D eigenvalue weighted by atomic mass is 79.9. The minimum Gasteiger partial charge on any atom is -0.326 e. The van der Waals surface area contributed by atoms with Crippen molar-refractivity contribution in [2.45, 2.75) is 13.3 Å². The van der Waals surface area contributed by atoms with Crippen LogP contribution in [0, 0.1) is 12.7 Å². The first-order valence-electron chi connectivity index (χ1n) is 7.27. The monoisotopic (exact) mass is 404 g/mol. The lowest BCUT2D eigenvalue weighted by molar-refractivity contribution is -0.115. The molecule has 0 saturated heterocycles. The van der Waals surface area contributed by atoms with E-state index in [1.807, 2.05) is 30.5 Å². The molecule has 3 aromatic rings. The van der Waals surface area contributed by atoms with Gasteiger partial charge in [-0.2, -0.15) is 0 Å². The molecule has 2 aromatic carbocycles. The lowest BCUT2D eigenvalue weighted by Crippen LogP contribution is -2.15. The predicted octanol–water partition coefficient (Wildman–Crippen LogP) is 5.20. The standard InChI is InChI=1S/C18H14BrFN2OS/c1-11-7-13(19)5-6-16(11)22-17(23)9-15-10-24-18(21-15)12-3-2-4-14(20)8-12/h2-8,10H,9H2,1H3,(H,22,23). The van der Waals surface area contributed by atoms with Crippen molar-refractivity contribution < 1.29 is 9.18 Å². The fourth-order valence-corrected chi connectivity index (χ4v) is 3.56. The van der Waals surface area contributed by atoms with Crippen LogP contribution in [0.15, 0.2) is 52.3 Å². The summed E-state index contributed by atoms with van der Waals surface area (Å²) in [6, 6.07) is 12.0. The molecule has 0 spiro atoms. The van der Waals surface area contributed by atoms with Crippen molar-refractivity contribution in [2.75, 3.05) is 5.32 Å². The zero-order valence-corrected chi connectivity index (χ0v) is 15.2. The Morgan fingerprint density at radius 2 is 2.12 bits per heavy atom. The van der Waals surface area contributed by atoms with Gasteiger partial charge in [-0.05, 0) is 42.8 Å². The Bertz CT molecular complexity index is 894. The first-order chi connectivity index (χ1) is 11.5. The molecule has 1 N–H and O–H groups in total. The van der Waals surface area contributed by atoms with Crippen molar-refractivity contribution in [1.29, 1.82) is 0 Å². The topological polar surface area (TPSA) is 42.0 Å². The summed E-state index contributed by atoms with van der Waals surface area (Å²) in [5.41, 5.74) is 3.15. The minimum absolute atomic E-state index is 0.128. The van der Waals surface area contributed by atoms with Crippen molar-refractivity contribution in [1.82, 2.24) is 4.98 Å². The van der Waals surface area contributed by atoms with Crippen LogP contribution in [0.3, 0.4) is 0 Å². The quantitative estimate of drug-likeness (QED) is 0.648. The molecular formula is C18H14BrFN2OS. The number of aryl methyl sites for hydroxylation is 1. The molecule has 0 radical (unpaired) electrons. The van der Waals surface area contributed by atoms with E-state index in [0.29, 0.717) is 10.7 Å². The van der Waals surface area contributed by atoms with Crippen LogP contribution in [0.4, 0.5) is 10.1 Å². The lowest BCUT2D eigenvalue weighted by Gasteiger charge is -2.08. The van der Waals surface area contributed by atoms with E-state index in [1.54, 1.807) is 12.1 Å². The van der Waals surface area contributed by atoms with Gasteiger partial charge in [0.25, 0.3) is 0 Å². The van der Waals surface area contributed by atoms with Crippen molar-refractivity contribution in [3.05, 3.63) is 69.4 Å². The molecule has 0 aliphatic carbocycles. The van der Waals surface area contributed by atoms with Crippen molar-refractivity contribution in [3.8, 4) is 10.6 Å². The molecule has 0 unspecified atom stereocenters. The maximum Gasteiger partial charge on any atom is 0.230 e. The summed E-state index contributed by atoms with van der Waals surface area (Å²) in [5, 5.41) is 5.42. The predicted molar refractivity (Wildman–Crippen MR) is 98.7 cm³/mol. The van der Waals surface area contributed by atoms with Gasteiger partial charge in [0.2, 0.25) is 5.91 Å². The number of benzene rings is 2. The number of anilines is 1. The Morgan fingerprint density at radius 3 is 2.88 bits per heavy atom. The zero-order chi connectivity index (χ0) is 17.1. The average Bonchev–Trinajstić information content (AvgIpc) is 2.98. The van der Waals surface area contributed by atoms with E-state index in [9.17, 15) is 9.18 Å². The number of carbonyl (C=O) groups is 1. The minimum atomic E-state index is -0.298. The van der Waals surface area contributed by atoms with E-state index in [0.717, 1.165) is 21.3 Å². The summed E-state index contributed by atoms with van der Waals surface area (Å²) < 4.78 is 14.3. The van der Waals surface area contributed by atoms with E-state index in [2.05, 4.69) is 26.2 Å². The van der Waals surface area contributed by atoms with E-state index >= 15 is 0 Å². The molecule has 0 fully saturated rings. The van der Waals surface area contributed by atoms with Crippen LogP contribution in [0.1, 0.15) is 11.3 Å². The number of hydrogen-bond acceptors (Lipinski definition) is 3. The number of rotatable bonds is 4. The molecule has 6 heteroatoms. The molecule has 3 nitrogen and oxygen atoms in total. The van der Waals surface area contributed by atoms with Gasteiger partial charge in [0.15, 0.2) is 0 Å². The smallest absolute Gasteiger partial charge is 0.230 e. The SMILES string of the molecule is Cc1cc(Br)ccc1NC(=O)Cc1csc(-c2cccc(F)c2)n1. The Kier molecular flexibility index (Phi) is 5.06. The lowest BCUT2D eigenvalue weighted by atomic mass is 10.2. The van der Waals surface area contributed by atoms with Crippen LogP contribution in [0.25, 0.3) is 10.6 Å². The second kappa shape index (κ2) is 7.23. The van der Waals surface area contributed by atoms with Crippen LogP contribution in [-0.2, 0) is 11.2 Å². The second-order valence-corrected chi connectivity index (χ2v) is 7.11. The maximum absolute atomic E-state index is 13.3. The van der Waals surface area contributed by atoms with Crippen molar-refractivity contribution in [2.24, 2.45) is 0 Å². The second-order valence-electron chi connectivity index (χ2n) is 5.34. The van der Waals surface area contributed by atoms with Crippen molar-refractivity contribution >= 4 is 38.9 Å². The Hall–Kier alpha value is -2.05. The third-order valence-corrected chi connectivity index (χ3v) is 4.86. The highest BCUT2D eigenvalue weighted by molar-refractivity contribution is 9.10. The summed E-state index contributed by atoms with van der Waals surface area (Å²) in [7, 11) is 0. The third kappa shape index (κ3) is 4.07. The van der Waals surface area contributed by atoms with Gasteiger partial charge in [-0.1, -0.05) is 28.1 Å². The molecular weight excluding hydrogens is 391 g/mol. The average molecular weight is 405 g/mol. The van der Waals surface area contributed by atoms with E-state index in [-0.39, 0.29) is 18.1 Å². The largest absolute Gasteiger partial charge is 0.326 e. The molecule has 24 heavy (non-hydrogen) atoms. The number of nitrogens with one attached hydrogen (secondary N) is 1. The third-order valence-electron chi connectivity index (χ3n) is 3.43. The van der Waals surface area contributed by atoms with Gasteiger partial charge in [0.1, 0.15) is 10.8 Å². The van der Waals surface area contributed by atoms with Gasteiger partial charge in [-0.3, -0.25) is 4.79 Å². The van der Waals surface area contributed by atoms with Gasteiger partial charge in [-0.15, -0.1) is 11.3 Å². The highest BCUT2D eigenvalue weighted by Gasteiger charge is 2.11. The summed E-state index contributed by atoms with van der Waals surface area (Å²) in [4.78, 5) is 16.6. The van der Waals surface area contributed by atoms with E-state index in [4.69, 9.17) is 0 Å². The van der Waals surface area contributed by atoms with Gasteiger partial charge in [0.05, 0.1) is 12.1 Å². The van der Waals surface area contributed by atoms with Crippen LogP contribution in [0.2, 0.25) is 0 Å². The van der Waals surface area contributed by atoms with Gasteiger partial charge in [-0.25, -0.2) is 9.37 Å². The van der Waals surface area contributed by atoms with Gasteiger partial charge in [0, 0.05) is 21.1 Å². The molecule has 1 amide bonds. The van der Waals surface area contributed by atoms with Gasteiger partial charge >= 0.3 is 0 Å². The molecule has 1 heterocycles. The molecule has 0 atom stereocenters. The summed E-state index contributed by atoms with van der Waals surface area (Å²) in [5.74, 6) is -0.427. The summed E-state index contributed by atoms with van der Waals surface area (Å²) in [6.07, 6.45) is 0.182. The molecule has 1 aromatic heterocycles. The molecule has 0 aliphatic rings. The van der Waals surface area contributed by atoms with Gasteiger partial charge < -0.3 is 5.32 Å². The molecule has 0 saturated carbocycles. The zero-order valence-electron chi connectivity index (χ0n) is 12.8. The first-order valence-corrected chi connectivity index (χ1v) is 8.95. The van der Waals surface area contributed by atoms with E-state index in [1.165, 1.54) is 23.5 Å².